The molecule has 122 valence electrons. The molecular weight excluding hydrogens is 337 g/mol. The average Bonchev–Trinajstić information content (AvgIpc) is 2.46. The highest BCUT2D eigenvalue weighted by molar-refractivity contribution is 6.35. The zero-order valence-corrected chi connectivity index (χ0v) is 14.2. The molecule has 2 aromatic rings. The smallest absolute Gasteiger partial charge is 0.253 e. The minimum Gasteiger partial charge on any atom is -0.324 e. The Bertz CT molecular complexity index is 739. The van der Waals surface area contributed by atoms with Crippen LogP contribution in [-0.4, -0.2) is 15.5 Å². The minimum atomic E-state index is -0.353. The summed E-state index contributed by atoms with van der Waals surface area (Å²) in [5.41, 5.74) is 0.980. The molecule has 0 unspecified atom stereocenters. The largest absolute Gasteiger partial charge is 0.324 e. The van der Waals surface area contributed by atoms with Crippen LogP contribution in [0.1, 0.15) is 25.5 Å². The third-order valence-electron chi connectivity index (χ3n) is 3.18. The van der Waals surface area contributed by atoms with Crippen LogP contribution >= 0.6 is 23.2 Å². The molecule has 1 N–H and O–H groups in total. The number of benzene rings is 1. The van der Waals surface area contributed by atoms with Crippen LogP contribution < -0.4 is 10.9 Å². The van der Waals surface area contributed by atoms with Gasteiger partial charge < -0.3 is 5.32 Å². The number of unbranched alkanes of at least 4 members (excludes halogenated alkanes) is 1. The van der Waals surface area contributed by atoms with Crippen molar-refractivity contribution in [1.29, 1.82) is 0 Å². The van der Waals surface area contributed by atoms with Gasteiger partial charge in [0.1, 0.15) is 6.54 Å². The third-order valence-corrected chi connectivity index (χ3v) is 3.62. The lowest BCUT2D eigenvalue weighted by atomic mass is 10.2. The summed E-state index contributed by atoms with van der Waals surface area (Å²) in [6, 6.07) is 6.21. The number of carbonyl (C=O) groups is 1. The SMILES string of the molecule is CCCCc1cc(=O)n(CC(=O)Nc2cc(Cl)cc(Cl)c2)cn1. The van der Waals surface area contributed by atoms with Gasteiger partial charge in [-0.25, -0.2) is 4.98 Å². The monoisotopic (exact) mass is 353 g/mol. The van der Waals surface area contributed by atoms with Crippen LogP contribution in [0.4, 0.5) is 5.69 Å². The predicted octanol–water partition coefficient (Wildman–Crippen LogP) is 3.53. The molecule has 0 saturated heterocycles. The van der Waals surface area contributed by atoms with E-state index in [0.717, 1.165) is 25.0 Å². The minimum absolute atomic E-state index is 0.121. The van der Waals surface area contributed by atoms with Crippen molar-refractivity contribution < 1.29 is 4.79 Å². The van der Waals surface area contributed by atoms with E-state index >= 15 is 0 Å². The van der Waals surface area contributed by atoms with Crippen molar-refractivity contribution in [3.8, 4) is 0 Å². The van der Waals surface area contributed by atoms with Crippen molar-refractivity contribution in [2.24, 2.45) is 0 Å². The molecule has 1 heterocycles. The summed E-state index contributed by atoms with van der Waals surface area (Å²) >= 11 is 11.8. The van der Waals surface area contributed by atoms with Crippen LogP contribution in [0, 0.1) is 0 Å². The second-order valence-electron chi connectivity index (χ2n) is 5.16. The molecule has 0 bridgehead atoms. The van der Waals surface area contributed by atoms with E-state index in [-0.39, 0.29) is 18.0 Å². The van der Waals surface area contributed by atoms with Crippen LogP contribution in [0.5, 0.6) is 0 Å². The molecule has 0 atom stereocenters. The van der Waals surface area contributed by atoms with Crippen molar-refractivity contribution >= 4 is 34.8 Å². The van der Waals surface area contributed by atoms with Crippen molar-refractivity contribution in [1.82, 2.24) is 9.55 Å². The Morgan fingerprint density at radius 1 is 1.22 bits per heavy atom. The predicted molar refractivity (Wildman–Crippen MR) is 92.2 cm³/mol. The number of rotatable bonds is 6. The molecule has 0 spiro atoms. The lowest BCUT2D eigenvalue weighted by Gasteiger charge is -2.08. The number of nitrogens with one attached hydrogen (secondary N) is 1. The van der Waals surface area contributed by atoms with Crippen molar-refractivity contribution in [2.75, 3.05) is 5.32 Å². The molecular formula is C16H17Cl2N3O2. The van der Waals surface area contributed by atoms with Crippen LogP contribution in [0.2, 0.25) is 10.0 Å². The zero-order chi connectivity index (χ0) is 16.8. The second-order valence-corrected chi connectivity index (χ2v) is 6.03. The summed E-state index contributed by atoms with van der Waals surface area (Å²) in [4.78, 5) is 28.2. The average molecular weight is 354 g/mol. The molecule has 0 aliphatic rings. The normalized spacial score (nSPS) is 10.6. The summed E-state index contributed by atoms with van der Waals surface area (Å²) in [6.07, 6.45) is 4.18. The van der Waals surface area contributed by atoms with Gasteiger partial charge in [0.15, 0.2) is 0 Å². The number of carbonyl (C=O) groups excluding carboxylic acids is 1. The van der Waals surface area contributed by atoms with Gasteiger partial charge in [-0.1, -0.05) is 36.5 Å². The number of aromatic nitrogens is 2. The molecule has 7 heteroatoms. The van der Waals surface area contributed by atoms with Gasteiger partial charge in [-0.3, -0.25) is 14.2 Å². The molecule has 0 radical (unpaired) electrons. The van der Waals surface area contributed by atoms with E-state index in [1.165, 1.54) is 17.0 Å². The molecule has 1 aromatic carbocycles. The topological polar surface area (TPSA) is 64.0 Å². The van der Waals surface area contributed by atoms with Crippen LogP contribution in [-0.2, 0) is 17.8 Å². The fourth-order valence-corrected chi connectivity index (χ4v) is 2.58. The van der Waals surface area contributed by atoms with E-state index < -0.39 is 0 Å². The fourth-order valence-electron chi connectivity index (χ4n) is 2.06. The molecule has 1 aromatic heterocycles. The van der Waals surface area contributed by atoms with Gasteiger partial charge in [0, 0.05) is 27.5 Å². The van der Waals surface area contributed by atoms with Crippen molar-refractivity contribution in [3.63, 3.8) is 0 Å². The fraction of sp³-hybridized carbons (Fsp3) is 0.312. The quantitative estimate of drug-likeness (QED) is 0.863. The van der Waals surface area contributed by atoms with Gasteiger partial charge in [0.25, 0.3) is 5.56 Å². The Kier molecular flexibility index (Phi) is 6.19. The Balaban J connectivity index is 2.03. The Hall–Kier alpha value is -1.85. The molecule has 2 rings (SSSR count). The number of hydrogen-bond acceptors (Lipinski definition) is 3. The van der Waals surface area contributed by atoms with Crippen LogP contribution in [0.25, 0.3) is 0 Å². The van der Waals surface area contributed by atoms with Gasteiger partial charge in [-0.05, 0) is 31.0 Å². The Morgan fingerprint density at radius 2 is 1.91 bits per heavy atom. The number of aryl methyl sites for hydroxylation is 1. The summed E-state index contributed by atoms with van der Waals surface area (Å²) in [7, 11) is 0. The third kappa shape index (κ3) is 5.37. The van der Waals surface area contributed by atoms with E-state index in [0.29, 0.717) is 15.7 Å². The molecule has 23 heavy (non-hydrogen) atoms. The van der Waals surface area contributed by atoms with Gasteiger partial charge in [0.2, 0.25) is 5.91 Å². The standard InChI is InChI=1S/C16H17Cl2N3O2/c1-2-3-4-13-8-16(23)21(10-19-13)9-15(22)20-14-6-11(17)5-12(18)7-14/h5-8,10H,2-4,9H2,1H3,(H,20,22). The molecule has 0 aliphatic heterocycles. The van der Waals surface area contributed by atoms with E-state index in [1.54, 1.807) is 18.2 Å². The number of halogens is 2. The first-order valence-electron chi connectivity index (χ1n) is 7.29. The maximum absolute atomic E-state index is 12.0. The first kappa shape index (κ1) is 17.5. The summed E-state index contributed by atoms with van der Waals surface area (Å²) in [6.45, 7) is 1.96. The molecule has 0 aliphatic carbocycles. The van der Waals surface area contributed by atoms with Crippen LogP contribution in [0.3, 0.4) is 0 Å². The first-order chi connectivity index (χ1) is 11.0. The van der Waals surface area contributed by atoms with Crippen molar-refractivity contribution in [2.45, 2.75) is 32.7 Å². The van der Waals surface area contributed by atoms with Gasteiger partial charge in [0.05, 0.1) is 6.33 Å². The number of amides is 1. The summed E-state index contributed by atoms with van der Waals surface area (Å²) < 4.78 is 1.26. The maximum atomic E-state index is 12.0. The van der Waals surface area contributed by atoms with Gasteiger partial charge >= 0.3 is 0 Å². The van der Waals surface area contributed by atoms with E-state index in [4.69, 9.17) is 23.2 Å². The highest BCUT2D eigenvalue weighted by Crippen LogP contribution is 2.22. The van der Waals surface area contributed by atoms with E-state index in [9.17, 15) is 9.59 Å². The number of anilines is 1. The summed E-state index contributed by atoms with van der Waals surface area (Å²) in [5.74, 6) is -0.353. The number of hydrogen-bond donors (Lipinski definition) is 1. The lowest BCUT2D eigenvalue weighted by Crippen LogP contribution is -2.27. The highest BCUT2D eigenvalue weighted by atomic mass is 35.5. The molecule has 0 fully saturated rings. The molecule has 0 saturated carbocycles. The number of nitrogens with zero attached hydrogens (tertiary/aromatic N) is 2. The second kappa shape index (κ2) is 8.13. The lowest BCUT2D eigenvalue weighted by molar-refractivity contribution is -0.116. The van der Waals surface area contributed by atoms with E-state index in [1.807, 2.05) is 0 Å². The maximum Gasteiger partial charge on any atom is 0.253 e. The van der Waals surface area contributed by atoms with Gasteiger partial charge in [-0.15, -0.1) is 0 Å². The van der Waals surface area contributed by atoms with Crippen LogP contribution in [0.15, 0.2) is 35.4 Å². The Morgan fingerprint density at radius 3 is 2.52 bits per heavy atom. The van der Waals surface area contributed by atoms with E-state index in [2.05, 4.69) is 17.2 Å². The first-order valence-corrected chi connectivity index (χ1v) is 8.05. The van der Waals surface area contributed by atoms with Gasteiger partial charge in [-0.2, -0.15) is 0 Å². The zero-order valence-electron chi connectivity index (χ0n) is 12.7. The molecule has 1 amide bonds. The Labute approximate surface area is 144 Å². The molecule has 5 nitrogen and oxygen atoms in total. The highest BCUT2D eigenvalue weighted by Gasteiger charge is 2.07. The summed E-state index contributed by atoms with van der Waals surface area (Å²) in [5, 5.41) is 3.50. The van der Waals surface area contributed by atoms with Crippen molar-refractivity contribution in [3.05, 3.63) is 56.7 Å².